The van der Waals surface area contributed by atoms with Gasteiger partial charge in [0.1, 0.15) is 0 Å². The van der Waals surface area contributed by atoms with Crippen LogP contribution in [0.2, 0.25) is 0 Å². The molecule has 0 amide bonds. The molecule has 1 spiro atoms. The molecule has 4 nitrogen and oxygen atoms in total. The molecule has 2 aliphatic rings. The van der Waals surface area contributed by atoms with E-state index in [9.17, 15) is 0 Å². The third-order valence-electron chi connectivity index (χ3n) is 4.14. The predicted molar refractivity (Wildman–Crippen MR) is 72.9 cm³/mol. The number of guanidine groups is 1. The lowest BCUT2D eigenvalue weighted by molar-refractivity contribution is 0.100. The van der Waals surface area contributed by atoms with E-state index in [-0.39, 0.29) is 11.6 Å². The Bertz CT molecular complexity index is 482. The normalized spacial score (nSPS) is 31.1. The standard InChI is InChI=1S/C14H19N3O/c1-10-3-5-12(6-4-10)17-13(15)16-9-14(17)7-8-18-11(14)2/h3-6,11H,7-9H2,1-2H3,(H2,15,16). The number of hydrogen-bond donors (Lipinski definition) is 1. The summed E-state index contributed by atoms with van der Waals surface area (Å²) in [6.45, 7) is 5.71. The topological polar surface area (TPSA) is 50.8 Å². The lowest BCUT2D eigenvalue weighted by atomic mass is 9.90. The van der Waals surface area contributed by atoms with Crippen LogP contribution in [0.15, 0.2) is 29.3 Å². The van der Waals surface area contributed by atoms with E-state index < -0.39 is 0 Å². The summed E-state index contributed by atoms with van der Waals surface area (Å²) in [5.74, 6) is 0.608. The Morgan fingerprint density at radius 3 is 2.72 bits per heavy atom. The Kier molecular flexibility index (Phi) is 2.55. The molecule has 1 aromatic carbocycles. The number of aryl methyl sites for hydroxylation is 1. The average Bonchev–Trinajstić information content (AvgIpc) is 2.88. The lowest BCUT2D eigenvalue weighted by Crippen LogP contribution is -2.56. The number of anilines is 1. The van der Waals surface area contributed by atoms with Crippen molar-refractivity contribution in [3.8, 4) is 0 Å². The highest BCUT2D eigenvalue weighted by Crippen LogP contribution is 2.38. The van der Waals surface area contributed by atoms with Gasteiger partial charge in [0.2, 0.25) is 0 Å². The van der Waals surface area contributed by atoms with Crippen molar-refractivity contribution < 1.29 is 4.74 Å². The fraction of sp³-hybridized carbons (Fsp3) is 0.500. The van der Waals surface area contributed by atoms with Crippen LogP contribution in [0.1, 0.15) is 18.9 Å². The van der Waals surface area contributed by atoms with Crippen molar-refractivity contribution >= 4 is 11.6 Å². The maximum Gasteiger partial charge on any atom is 0.196 e. The van der Waals surface area contributed by atoms with Crippen LogP contribution in [0.25, 0.3) is 0 Å². The fourth-order valence-corrected chi connectivity index (χ4v) is 2.94. The summed E-state index contributed by atoms with van der Waals surface area (Å²) in [4.78, 5) is 6.60. The number of rotatable bonds is 1. The number of hydrogen-bond acceptors (Lipinski definition) is 4. The van der Waals surface area contributed by atoms with Crippen LogP contribution >= 0.6 is 0 Å². The van der Waals surface area contributed by atoms with Crippen molar-refractivity contribution in [1.82, 2.24) is 0 Å². The number of ether oxygens (including phenoxy) is 1. The van der Waals surface area contributed by atoms with E-state index in [0.717, 1.165) is 25.3 Å². The maximum absolute atomic E-state index is 6.09. The van der Waals surface area contributed by atoms with Gasteiger partial charge in [-0.3, -0.25) is 4.99 Å². The summed E-state index contributed by atoms with van der Waals surface area (Å²) in [5.41, 5.74) is 8.36. The van der Waals surface area contributed by atoms with Crippen molar-refractivity contribution in [3.05, 3.63) is 29.8 Å². The monoisotopic (exact) mass is 245 g/mol. The SMILES string of the molecule is Cc1ccc(N2C(N)=NCC23CCOC3C)cc1. The molecule has 1 aromatic rings. The molecule has 18 heavy (non-hydrogen) atoms. The summed E-state index contributed by atoms with van der Waals surface area (Å²) in [5, 5.41) is 0. The molecule has 2 aliphatic heterocycles. The van der Waals surface area contributed by atoms with Crippen LogP contribution in [0, 0.1) is 6.92 Å². The van der Waals surface area contributed by atoms with E-state index in [1.54, 1.807) is 0 Å². The predicted octanol–water partition coefficient (Wildman–Crippen LogP) is 1.68. The Morgan fingerprint density at radius 2 is 2.11 bits per heavy atom. The lowest BCUT2D eigenvalue weighted by Gasteiger charge is -2.38. The van der Waals surface area contributed by atoms with Gasteiger partial charge in [0.05, 0.1) is 18.2 Å². The molecular formula is C14H19N3O. The van der Waals surface area contributed by atoms with Crippen molar-refractivity contribution in [2.24, 2.45) is 10.7 Å². The molecule has 96 valence electrons. The second-order valence-electron chi connectivity index (χ2n) is 5.21. The van der Waals surface area contributed by atoms with Crippen molar-refractivity contribution in [1.29, 1.82) is 0 Å². The van der Waals surface area contributed by atoms with Gasteiger partial charge >= 0.3 is 0 Å². The first-order chi connectivity index (χ1) is 8.63. The second kappa shape index (κ2) is 3.99. The molecular weight excluding hydrogens is 226 g/mol. The third-order valence-corrected chi connectivity index (χ3v) is 4.14. The summed E-state index contributed by atoms with van der Waals surface area (Å²) < 4.78 is 5.74. The van der Waals surface area contributed by atoms with Gasteiger partial charge in [-0.2, -0.15) is 0 Å². The second-order valence-corrected chi connectivity index (χ2v) is 5.21. The smallest absolute Gasteiger partial charge is 0.196 e. The maximum atomic E-state index is 6.09. The molecule has 3 rings (SSSR count). The highest BCUT2D eigenvalue weighted by molar-refractivity contribution is 5.98. The Hall–Kier alpha value is -1.55. The van der Waals surface area contributed by atoms with Gasteiger partial charge in [0, 0.05) is 12.3 Å². The highest BCUT2D eigenvalue weighted by atomic mass is 16.5. The van der Waals surface area contributed by atoms with E-state index in [0.29, 0.717) is 5.96 Å². The Balaban J connectivity index is 2.02. The first kappa shape index (κ1) is 11.5. The minimum absolute atomic E-state index is 0.0840. The quantitative estimate of drug-likeness (QED) is 0.819. The van der Waals surface area contributed by atoms with Crippen molar-refractivity contribution in [2.75, 3.05) is 18.1 Å². The van der Waals surface area contributed by atoms with E-state index in [1.807, 2.05) is 0 Å². The molecule has 0 radical (unpaired) electrons. The molecule has 2 unspecified atom stereocenters. The van der Waals surface area contributed by atoms with Crippen LogP contribution in [0.3, 0.4) is 0 Å². The zero-order valence-electron chi connectivity index (χ0n) is 10.9. The van der Waals surface area contributed by atoms with Crippen LogP contribution in [0.5, 0.6) is 0 Å². The van der Waals surface area contributed by atoms with E-state index in [1.165, 1.54) is 5.56 Å². The third kappa shape index (κ3) is 1.52. The van der Waals surface area contributed by atoms with E-state index in [4.69, 9.17) is 10.5 Å². The highest BCUT2D eigenvalue weighted by Gasteiger charge is 2.50. The Labute approximate surface area is 107 Å². The average molecular weight is 245 g/mol. The van der Waals surface area contributed by atoms with Crippen LogP contribution in [-0.4, -0.2) is 30.8 Å². The molecule has 0 aromatic heterocycles. The minimum atomic E-state index is -0.0840. The number of nitrogens with two attached hydrogens (primary N) is 1. The van der Waals surface area contributed by atoms with Gasteiger partial charge in [-0.25, -0.2) is 0 Å². The molecule has 2 atom stereocenters. The fourth-order valence-electron chi connectivity index (χ4n) is 2.94. The van der Waals surface area contributed by atoms with Crippen LogP contribution in [0.4, 0.5) is 5.69 Å². The molecule has 0 saturated carbocycles. The number of benzene rings is 1. The van der Waals surface area contributed by atoms with Crippen LogP contribution < -0.4 is 10.6 Å². The van der Waals surface area contributed by atoms with Crippen molar-refractivity contribution in [2.45, 2.75) is 31.9 Å². The van der Waals surface area contributed by atoms with Gasteiger partial charge in [-0.15, -0.1) is 0 Å². The summed E-state index contributed by atoms with van der Waals surface area (Å²) in [6.07, 6.45) is 1.13. The molecule has 4 heteroatoms. The van der Waals surface area contributed by atoms with E-state index >= 15 is 0 Å². The molecule has 0 bridgehead atoms. The van der Waals surface area contributed by atoms with Crippen LogP contribution in [-0.2, 0) is 4.74 Å². The van der Waals surface area contributed by atoms with Gasteiger partial charge in [-0.05, 0) is 32.4 Å². The van der Waals surface area contributed by atoms with Gasteiger partial charge in [-0.1, -0.05) is 17.7 Å². The molecule has 0 aliphatic carbocycles. The van der Waals surface area contributed by atoms with Gasteiger partial charge in [0.25, 0.3) is 0 Å². The van der Waals surface area contributed by atoms with E-state index in [2.05, 4.69) is 48.0 Å². The molecule has 1 fully saturated rings. The summed E-state index contributed by atoms with van der Waals surface area (Å²) in [6, 6.07) is 8.43. The van der Waals surface area contributed by atoms with Crippen molar-refractivity contribution in [3.63, 3.8) is 0 Å². The zero-order valence-corrected chi connectivity index (χ0v) is 10.9. The number of aliphatic imine (C=N–C) groups is 1. The zero-order chi connectivity index (χ0) is 12.8. The molecule has 1 saturated heterocycles. The molecule has 2 N–H and O–H groups in total. The van der Waals surface area contributed by atoms with Gasteiger partial charge in [0.15, 0.2) is 5.96 Å². The Morgan fingerprint density at radius 1 is 1.39 bits per heavy atom. The first-order valence-electron chi connectivity index (χ1n) is 6.42. The molecule has 2 heterocycles. The minimum Gasteiger partial charge on any atom is -0.376 e. The number of nitrogens with zero attached hydrogens (tertiary/aromatic N) is 2. The summed E-state index contributed by atoms with van der Waals surface area (Å²) >= 11 is 0. The largest absolute Gasteiger partial charge is 0.376 e. The van der Waals surface area contributed by atoms with Gasteiger partial charge < -0.3 is 15.4 Å². The summed E-state index contributed by atoms with van der Waals surface area (Å²) in [7, 11) is 0. The first-order valence-corrected chi connectivity index (χ1v) is 6.42.